The summed E-state index contributed by atoms with van der Waals surface area (Å²) in [5.74, 6) is 2.19. The van der Waals surface area contributed by atoms with Crippen LogP contribution >= 0.6 is 0 Å². The summed E-state index contributed by atoms with van der Waals surface area (Å²) in [6.45, 7) is 4.02. The van der Waals surface area contributed by atoms with E-state index in [4.69, 9.17) is 14.0 Å². The molecule has 7 heteroatoms. The summed E-state index contributed by atoms with van der Waals surface area (Å²) >= 11 is 0. The molecular formula is C23H27N3O4. The van der Waals surface area contributed by atoms with E-state index in [2.05, 4.69) is 15.5 Å². The lowest BCUT2D eigenvalue weighted by Gasteiger charge is -2.16. The van der Waals surface area contributed by atoms with Gasteiger partial charge in [-0.15, -0.1) is 0 Å². The number of nitrogens with one attached hydrogen (secondary N) is 1. The van der Waals surface area contributed by atoms with E-state index in [9.17, 15) is 4.79 Å². The summed E-state index contributed by atoms with van der Waals surface area (Å²) in [6.07, 6.45) is 0.986. The molecule has 30 heavy (non-hydrogen) atoms. The fourth-order valence-electron chi connectivity index (χ4n) is 3.14. The van der Waals surface area contributed by atoms with Crippen molar-refractivity contribution in [2.45, 2.75) is 32.7 Å². The van der Waals surface area contributed by atoms with Gasteiger partial charge in [0.1, 0.15) is 6.04 Å². The maximum atomic E-state index is 12.4. The van der Waals surface area contributed by atoms with Crippen molar-refractivity contribution in [1.82, 2.24) is 15.5 Å². The highest BCUT2D eigenvalue weighted by atomic mass is 16.5. The molecule has 0 aliphatic carbocycles. The van der Waals surface area contributed by atoms with Crippen LogP contribution in [0.4, 0.5) is 0 Å². The van der Waals surface area contributed by atoms with Gasteiger partial charge in [-0.1, -0.05) is 49.3 Å². The quantitative estimate of drug-likeness (QED) is 0.570. The van der Waals surface area contributed by atoms with Crippen molar-refractivity contribution in [3.05, 3.63) is 60.0 Å². The maximum absolute atomic E-state index is 12.4. The molecule has 1 amide bonds. The van der Waals surface area contributed by atoms with Crippen LogP contribution in [0.15, 0.2) is 53.1 Å². The van der Waals surface area contributed by atoms with Crippen LogP contribution in [-0.4, -0.2) is 30.3 Å². The number of hydrogen-bond donors (Lipinski definition) is 1. The molecule has 0 saturated carbocycles. The number of hydrogen-bond acceptors (Lipinski definition) is 6. The minimum absolute atomic E-state index is 0.0446. The molecule has 3 rings (SSSR count). The Morgan fingerprint density at radius 1 is 1.07 bits per heavy atom. The van der Waals surface area contributed by atoms with Crippen molar-refractivity contribution in [3.8, 4) is 22.9 Å². The van der Waals surface area contributed by atoms with Crippen LogP contribution in [0.5, 0.6) is 11.5 Å². The zero-order valence-electron chi connectivity index (χ0n) is 17.7. The van der Waals surface area contributed by atoms with Crippen LogP contribution in [0.1, 0.15) is 37.8 Å². The first-order chi connectivity index (χ1) is 14.5. The molecule has 0 unspecified atom stereocenters. The largest absolute Gasteiger partial charge is 0.493 e. The van der Waals surface area contributed by atoms with Crippen molar-refractivity contribution < 1.29 is 18.8 Å². The first-order valence-electron chi connectivity index (χ1n) is 9.89. The fraction of sp³-hybridized carbons (Fsp3) is 0.348. The van der Waals surface area contributed by atoms with E-state index in [0.717, 1.165) is 11.1 Å². The Labute approximate surface area is 176 Å². The van der Waals surface area contributed by atoms with Crippen molar-refractivity contribution in [1.29, 1.82) is 0 Å². The first kappa shape index (κ1) is 21.4. The van der Waals surface area contributed by atoms with Gasteiger partial charge in [-0.3, -0.25) is 4.79 Å². The van der Waals surface area contributed by atoms with Crippen molar-refractivity contribution in [3.63, 3.8) is 0 Å². The second-order valence-corrected chi connectivity index (χ2v) is 7.43. The van der Waals surface area contributed by atoms with Gasteiger partial charge in [0.2, 0.25) is 17.6 Å². The highest BCUT2D eigenvalue weighted by molar-refractivity contribution is 5.76. The minimum Gasteiger partial charge on any atom is -0.493 e. The molecule has 7 nitrogen and oxygen atoms in total. The van der Waals surface area contributed by atoms with E-state index in [1.807, 2.05) is 50.2 Å². The Morgan fingerprint density at radius 3 is 2.47 bits per heavy atom. The molecule has 0 aliphatic rings. The summed E-state index contributed by atoms with van der Waals surface area (Å²) in [5.41, 5.74) is 1.80. The number of aromatic nitrogens is 2. The standard InChI is InChI=1S/C23H27N3O4/c1-15(2)12-21(27)24-18(13-16-8-6-5-7-9-16)23-25-22(26-30-23)17-10-11-19(28-3)20(14-17)29-4/h5-11,14-15,18H,12-13H2,1-4H3,(H,24,27)/t18-/m1/s1. The summed E-state index contributed by atoms with van der Waals surface area (Å²) in [5, 5.41) is 7.15. The molecular weight excluding hydrogens is 382 g/mol. The smallest absolute Gasteiger partial charge is 0.249 e. The molecule has 0 bridgehead atoms. The molecule has 0 fully saturated rings. The molecule has 0 aliphatic heterocycles. The van der Waals surface area contributed by atoms with Gasteiger partial charge in [-0.05, 0) is 29.7 Å². The number of amides is 1. The number of rotatable bonds is 9. The number of nitrogens with zero attached hydrogens (tertiary/aromatic N) is 2. The number of ether oxygens (including phenoxy) is 2. The van der Waals surface area contributed by atoms with Gasteiger partial charge in [0.05, 0.1) is 14.2 Å². The summed E-state index contributed by atoms with van der Waals surface area (Å²) in [7, 11) is 3.15. The molecule has 0 radical (unpaired) electrons. The van der Waals surface area contributed by atoms with E-state index >= 15 is 0 Å². The lowest BCUT2D eigenvalue weighted by molar-refractivity contribution is -0.122. The van der Waals surface area contributed by atoms with E-state index in [0.29, 0.717) is 36.1 Å². The molecule has 1 heterocycles. The van der Waals surface area contributed by atoms with Crippen molar-refractivity contribution in [2.24, 2.45) is 5.92 Å². The molecule has 1 N–H and O–H groups in total. The van der Waals surface area contributed by atoms with E-state index < -0.39 is 6.04 Å². The Morgan fingerprint density at radius 2 is 1.80 bits per heavy atom. The average molecular weight is 409 g/mol. The van der Waals surface area contributed by atoms with Gasteiger partial charge in [0.25, 0.3) is 0 Å². The van der Waals surface area contributed by atoms with Crippen LogP contribution in [0.3, 0.4) is 0 Å². The van der Waals surface area contributed by atoms with Crippen LogP contribution in [0, 0.1) is 5.92 Å². The first-order valence-corrected chi connectivity index (χ1v) is 9.89. The van der Waals surface area contributed by atoms with Crippen LogP contribution in [-0.2, 0) is 11.2 Å². The average Bonchev–Trinajstić information content (AvgIpc) is 3.23. The SMILES string of the molecule is COc1ccc(-c2noc([C@@H](Cc3ccccc3)NC(=O)CC(C)C)n2)cc1OC. The van der Waals surface area contributed by atoms with Crippen LogP contribution in [0.25, 0.3) is 11.4 Å². The second-order valence-electron chi connectivity index (χ2n) is 7.43. The molecule has 3 aromatic rings. The highest BCUT2D eigenvalue weighted by Gasteiger charge is 2.23. The van der Waals surface area contributed by atoms with Gasteiger partial charge >= 0.3 is 0 Å². The van der Waals surface area contributed by atoms with E-state index in [-0.39, 0.29) is 11.8 Å². The third-order valence-corrected chi connectivity index (χ3v) is 4.59. The Bertz CT molecular complexity index is 970. The van der Waals surface area contributed by atoms with Crippen LogP contribution < -0.4 is 14.8 Å². The zero-order valence-corrected chi connectivity index (χ0v) is 17.7. The second kappa shape index (κ2) is 9.91. The monoisotopic (exact) mass is 409 g/mol. The number of methoxy groups -OCH3 is 2. The molecule has 0 saturated heterocycles. The molecule has 1 atom stereocenters. The van der Waals surface area contributed by atoms with Gasteiger partial charge in [-0.2, -0.15) is 4.98 Å². The van der Waals surface area contributed by atoms with Gasteiger partial charge in [0.15, 0.2) is 11.5 Å². The fourth-order valence-corrected chi connectivity index (χ4v) is 3.14. The minimum atomic E-state index is -0.417. The summed E-state index contributed by atoms with van der Waals surface area (Å²) < 4.78 is 16.2. The lowest BCUT2D eigenvalue weighted by Crippen LogP contribution is -2.31. The Kier molecular flexibility index (Phi) is 7.06. The lowest BCUT2D eigenvalue weighted by atomic mass is 10.0. The predicted octanol–water partition coefficient (Wildman–Crippen LogP) is 4.20. The highest BCUT2D eigenvalue weighted by Crippen LogP contribution is 2.31. The maximum Gasteiger partial charge on any atom is 0.249 e. The third-order valence-electron chi connectivity index (χ3n) is 4.59. The predicted molar refractivity (Wildman–Crippen MR) is 113 cm³/mol. The third kappa shape index (κ3) is 5.37. The molecule has 0 spiro atoms. The van der Waals surface area contributed by atoms with E-state index in [1.165, 1.54) is 0 Å². The number of carbonyl (C=O) groups excluding carboxylic acids is 1. The molecule has 158 valence electrons. The number of benzene rings is 2. The van der Waals surface area contributed by atoms with Gasteiger partial charge < -0.3 is 19.3 Å². The van der Waals surface area contributed by atoms with Gasteiger partial charge in [-0.25, -0.2) is 0 Å². The molecule has 1 aromatic heterocycles. The summed E-state index contributed by atoms with van der Waals surface area (Å²) in [4.78, 5) is 17.0. The zero-order chi connectivity index (χ0) is 21.5. The normalized spacial score (nSPS) is 11.9. The van der Waals surface area contributed by atoms with Crippen LogP contribution in [0.2, 0.25) is 0 Å². The molecule has 2 aromatic carbocycles. The van der Waals surface area contributed by atoms with Crippen molar-refractivity contribution in [2.75, 3.05) is 14.2 Å². The number of carbonyl (C=O) groups is 1. The topological polar surface area (TPSA) is 86.5 Å². The Balaban J connectivity index is 1.87. The van der Waals surface area contributed by atoms with Crippen molar-refractivity contribution >= 4 is 5.91 Å². The van der Waals surface area contributed by atoms with Gasteiger partial charge in [0, 0.05) is 18.4 Å². The Hall–Kier alpha value is -3.35. The van der Waals surface area contributed by atoms with E-state index in [1.54, 1.807) is 26.4 Å². The summed E-state index contributed by atoms with van der Waals surface area (Å²) in [6, 6.07) is 14.9.